The van der Waals surface area contributed by atoms with Crippen molar-refractivity contribution in [3.63, 3.8) is 0 Å². The Labute approximate surface area is 161 Å². The van der Waals surface area contributed by atoms with Crippen molar-refractivity contribution in [2.75, 3.05) is 40.5 Å². The van der Waals surface area contributed by atoms with Gasteiger partial charge in [0.05, 0.1) is 32.5 Å². The van der Waals surface area contributed by atoms with Gasteiger partial charge in [-0.25, -0.2) is 0 Å². The van der Waals surface area contributed by atoms with Crippen LogP contribution in [-0.2, 0) is 21.6 Å². The molecule has 6 heteroatoms. The molecule has 1 spiro atoms. The van der Waals surface area contributed by atoms with Gasteiger partial charge in [-0.05, 0) is 61.9 Å². The van der Waals surface area contributed by atoms with Gasteiger partial charge >= 0.3 is 0 Å². The molecule has 2 saturated heterocycles. The molecule has 0 unspecified atom stereocenters. The minimum Gasteiger partial charge on any atom is -0.493 e. The molecule has 148 valence electrons. The SMILES string of the molecule is COc1cc2c(cc1OC)C1(CCN(C(=O)[C@@H]3CCCCN3)CC1)OCC2. The first-order valence-electron chi connectivity index (χ1n) is 10.1. The van der Waals surface area contributed by atoms with E-state index in [-0.39, 0.29) is 17.6 Å². The zero-order valence-corrected chi connectivity index (χ0v) is 16.4. The summed E-state index contributed by atoms with van der Waals surface area (Å²) in [6, 6.07) is 4.16. The Hall–Kier alpha value is -1.79. The van der Waals surface area contributed by atoms with Crippen LogP contribution in [-0.4, -0.2) is 57.3 Å². The van der Waals surface area contributed by atoms with E-state index in [0.29, 0.717) is 6.61 Å². The van der Waals surface area contributed by atoms with Crippen LogP contribution in [0.15, 0.2) is 12.1 Å². The van der Waals surface area contributed by atoms with Gasteiger partial charge in [-0.1, -0.05) is 6.42 Å². The second-order valence-electron chi connectivity index (χ2n) is 7.78. The van der Waals surface area contributed by atoms with Gasteiger partial charge in [0.1, 0.15) is 0 Å². The third kappa shape index (κ3) is 3.41. The van der Waals surface area contributed by atoms with Gasteiger partial charge in [0, 0.05) is 13.1 Å². The largest absolute Gasteiger partial charge is 0.493 e. The highest BCUT2D eigenvalue weighted by molar-refractivity contribution is 5.82. The Morgan fingerprint density at radius 1 is 1.19 bits per heavy atom. The minimum absolute atomic E-state index is 0.00304. The number of ether oxygens (including phenoxy) is 3. The minimum atomic E-state index is -0.316. The number of nitrogens with zero attached hydrogens (tertiary/aromatic N) is 1. The zero-order chi connectivity index (χ0) is 18.9. The lowest BCUT2D eigenvalue weighted by atomic mass is 9.79. The molecule has 1 aromatic carbocycles. The molecule has 1 aromatic rings. The fourth-order valence-electron chi connectivity index (χ4n) is 4.77. The topological polar surface area (TPSA) is 60.0 Å². The number of hydrogen-bond acceptors (Lipinski definition) is 5. The Bertz CT molecular complexity index is 692. The maximum atomic E-state index is 12.8. The lowest BCUT2D eigenvalue weighted by Crippen LogP contribution is -2.54. The van der Waals surface area contributed by atoms with Crippen LogP contribution < -0.4 is 14.8 Å². The average molecular weight is 374 g/mol. The van der Waals surface area contributed by atoms with Gasteiger partial charge in [-0.15, -0.1) is 0 Å². The fourth-order valence-corrected chi connectivity index (χ4v) is 4.77. The zero-order valence-electron chi connectivity index (χ0n) is 16.4. The number of benzene rings is 1. The molecular formula is C21H30N2O4. The summed E-state index contributed by atoms with van der Waals surface area (Å²) in [5.41, 5.74) is 2.16. The Morgan fingerprint density at radius 3 is 2.59 bits per heavy atom. The van der Waals surface area contributed by atoms with Gasteiger partial charge in [-0.3, -0.25) is 4.79 Å². The highest BCUT2D eigenvalue weighted by atomic mass is 16.5. The lowest BCUT2D eigenvalue weighted by molar-refractivity contribution is -0.143. The van der Waals surface area contributed by atoms with Crippen molar-refractivity contribution in [3.05, 3.63) is 23.3 Å². The lowest BCUT2D eigenvalue weighted by Gasteiger charge is -2.46. The van der Waals surface area contributed by atoms with E-state index in [4.69, 9.17) is 14.2 Å². The Kier molecular flexibility index (Phi) is 5.28. The van der Waals surface area contributed by atoms with E-state index in [1.165, 1.54) is 17.5 Å². The van der Waals surface area contributed by atoms with Crippen LogP contribution in [0, 0.1) is 0 Å². The Balaban J connectivity index is 1.52. The molecule has 0 saturated carbocycles. The normalized spacial score (nSPS) is 24.4. The van der Waals surface area contributed by atoms with Crippen LogP contribution in [0.4, 0.5) is 0 Å². The molecule has 0 radical (unpaired) electrons. The summed E-state index contributed by atoms with van der Waals surface area (Å²) in [4.78, 5) is 14.9. The molecule has 2 fully saturated rings. The standard InChI is InChI=1S/C21H30N2O4/c1-25-18-13-15-6-12-27-21(16(15)14-19(18)26-2)7-10-23(11-8-21)20(24)17-5-3-4-9-22-17/h13-14,17,22H,3-12H2,1-2H3/t17-/m0/s1. The number of hydrogen-bond donors (Lipinski definition) is 1. The third-order valence-corrected chi connectivity index (χ3v) is 6.34. The second-order valence-corrected chi connectivity index (χ2v) is 7.78. The molecule has 3 aliphatic heterocycles. The van der Waals surface area contributed by atoms with Crippen LogP contribution in [0.1, 0.15) is 43.2 Å². The second kappa shape index (κ2) is 7.68. The first-order valence-corrected chi connectivity index (χ1v) is 10.1. The molecule has 4 rings (SSSR count). The smallest absolute Gasteiger partial charge is 0.239 e. The van der Waals surface area contributed by atoms with Gasteiger partial charge in [0.15, 0.2) is 11.5 Å². The first-order chi connectivity index (χ1) is 13.2. The highest BCUT2D eigenvalue weighted by Crippen LogP contribution is 2.45. The molecule has 1 N–H and O–H groups in total. The van der Waals surface area contributed by atoms with Crippen molar-refractivity contribution in [1.29, 1.82) is 0 Å². The summed E-state index contributed by atoms with van der Waals surface area (Å²) in [7, 11) is 3.34. The van der Waals surface area contributed by atoms with Crippen molar-refractivity contribution >= 4 is 5.91 Å². The molecule has 3 heterocycles. The average Bonchev–Trinajstić information content (AvgIpc) is 2.74. The third-order valence-electron chi connectivity index (χ3n) is 6.34. The molecule has 1 amide bonds. The van der Waals surface area contributed by atoms with Gasteiger partial charge in [-0.2, -0.15) is 0 Å². The monoisotopic (exact) mass is 374 g/mol. The van der Waals surface area contributed by atoms with Crippen molar-refractivity contribution in [2.24, 2.45) is 0 Å². The van der Waals surface area contributed by atoms with E-state index in [1.807, 2.05) is 4.90 Å². The number of nitrogens with one attached hydrogen (secondary N) is 1. The summed E-state index contributed by atoms with van der Waals surface area (Å²) in [5.74, 6) is 1.77. The van der Waals surface area contributed by atoms with E-state index in [9.17, 15) is 4.79 Å². The van der Waals surface area contributed by atoms with Crippen LogP contribution >= 0.6 is 0 Å². The van der Waals surface area contributed by atoms with Crippen LogP contribution in [0.3, 0.4) is 0 Å². The number of fused-ring (bicyclic) bond motifs is 2. The van der Waals surface area contributed by atoms with Crippen molar-refractivity contribution < 1.29 is 19.0 Å². The van der Waals surface area contributed by atoms with Crippen LogP contribution in [0.5, 0.6) is 11.5 Å². The molecule has 0 aromatic heterocycles. The van der Waals surface area contributed by atoms with Gasteiger partial charge in [0.25, 0.3) is 0 Å². The molecule has 6 nitrogen and oxygen atoms in total. The molecular weight excluding hydrogens is 344 g/mol. The van der Waals surface area contributed by atoms with E-state index >= 15 is 0 Å². The maximum absolute atomic E-state index is 12.8. The highest BCUT2D eigenvalue weighted by Gasteiger charge is 2.43. The number of rotatable bonds is 3. The van der Waals surface area contributed by atoms with Crippen LogP contribution in [0.25, 0.3) is 0 Å². The maximum Gasteiger partial charge on any atom is 0.239 e. The number of likely N-dealkylation sites (tertiary alicyclic amines) is 1. The van der Waals surface area contributed by atoms with Gasteiger partial charge in [0.2, 0.25) is 5.91 Å². The number of piperidine rings is 2. The molecule has 0 aliphatic carbocycles. The van der Waals surface area contributed by atoms with E-state index in [2.05, 4.69) is 17.4 Å². The van der Waals surface area contributed by atoms with Crippen molar-refractivity contribution in [1.82, 2.24) is 10.2 Å². The number of carbonyl (C=O) groups is 1. The number of methoxy groups -OCH3 is 2. The fraction of sp³-hybridized carbons (Fsp3) is 0.667. The first kappa shape index (κ1) is 18.6. The van der Waals surface area contributed by atoms with E-state index in [1.54, 1.807) is 14.2 Å². The van der Waals surface area contributed by atoms with Gasteiger partial charge < -0.3 is 24.4 Å². The molecule has 3 aliphatic rings. The summed E-state index contributed by atoms with van der Waals surface area (Å²) in [6.45, 7) is 3.14. The molecule has 0 bridgehead atoms. The molecule has 1 atom stereocenters. The summed E-state index contributed by atoms with van der Waals surface area (Å²) in [6.07, 6.45) is 5.80. The summed E-state index contributed by atoms with van der Waals surface area (Å²) >= 11 is 0. The molecule has 27 heavy (non-hydrogen) atoms. The predicted molar refractivity (Wildman–Crippen MR) is 102 cm³/mol. The van der Waals surface area contributed by atoms with Crippen molar-refractivity contribution in [2.45, 2.75) is 50.2 Å². The van der Waals surface area contributed by atoms with E-state index < -0.39 is 0 Å². The van der Waals surface area contributed by atoms with E-state index in [0.717, 1.165) is 63.2 Å². The summed E-state index contributed by atoms with van der Waals surface area (Å²) < 4.78 is 17.3. The Morgan fingerprint density at radius 2 is 1.93 bits per heavy atom. The predicted octanol–water partition coefficient (Wildman–Crippen LogP) is 2.24. The van der Waals surface area contributed by atoms with Crippen LogP contribution in [0.2, 0.25) is 0 Å². The quantitative estimate of drug-likeness (QED) is 0.879. The summed E-state index contributed by atoms with van der Waals surface area (Å²) in [5, 5.41) is 3.38. The number of amides is 1. The van der Waals surface area contributed by atoms with Crippen molar-refractivity contribution in [3.8, 4) is 11.5 Å². The number of carbonyl (C=O) groups excluding carboxylic acids is 1.